The van der Waals surface area contributed by atoms with Crippen LogP contribution in [0.2, 0.25) is 0 Å². The number of morpholine rings is 1. The summed E-state index contributed by atoms with van der Waals surface area (Å²) in [5.41, 5.74) is -0.359. The summed E-state index contributed by atoms with van der Waals surface area (Å²) in [5.74, 6) is 0.195. The molecule has 7 nitrogen and oxygen atoms in total. The van der Waals surface area contributed by atoms with Crippen LogP contribution in [0.1, 0.15) is 12.7 Å². The zero-order chi connectivity index (χ0) is 15.2. The topological polar surface area (TPSA) is 84.5 Å². The number of ether oxygens (including phenoxy) is 2. The zero-order valence-electron chi connectivity index (χ0n) is 11.8. The number of nitrogens with zero attached hydrogens (tertiary/aromatic N) is 2. The number of hydrogen-bond donors (Lipinski definition) is 1. The Morgan fingerprint density at radius 3 is 3.19 bits per heavy atom. The Labute approximate surface area is 121 Å². The quantitative estimate of drug-likeness (QED) is 0.773. The van der Waals surface area contributed by atoms with Crippen molar-refractivity contribution in [2.45, 2.75) is 19.4 Å². The predicted octanol–water partition coefficient (Wildman–Crippen LogP) is 0.0502. The van der Waals surface area contributed by atoms with Gasteiger partial charge in [0, 0.05) is 19.2 Å². The van der Waals surface area contributed by atoms with Gasteiger partial charge in [-0.3, -0.25) is 9.59 Å². The van der Waals surface area contributed by atoms with Gasteiger partial charge in [-0.1, -0.05) is 0 Å². The number of carbonyl (C=O) groups is 1. The van der Waals surface area contributed by atoms with Gasteiger partial charge >= 0.3 is 5.97 Å². The molecule has 0 spiro atoms. The summed E-state index contributed by atoms with van der Waals surface area (Å²) >= 11 is 0. The number of alkyl halides is 1. The van der Waals surface area contributed by atoms with E-state index in [1.165, 1.54) is 6.07 Å². The van der Waals surface area contributed by atoms with Crippen LogP contribution < -0.4 is 10.5 Å². The van der Waals surface area contributed by atoms with Crippen molar-refractivity contribution in [1.82, 2.24) is 9.97 Å². The van der Waals surface area contributed by atoms with Gasteiger partial charge in [-0.05, 0) is 6.92 Å². The lowest BCUT2D eigenvalue weighted by molar-refractivity contribution is -0.142. The van der Waals surface area contributed by atoms with E-state index in [0.29, 0.717) is 25.5 Å². The molecular weight excluding hydrogens is 281 g/mol. The maximum absolute atomic E-state index is 12.7. The van der Waals surface area contributed by atoms with Crippen LogP contribution in [-0.4, -0.2) is 55.0 Å². The normalized spacial score (nSPS) is 18.6. The molecule has 0 aliphatic carbocycles. The number of H-pyrrole nitrogens is 1. The maximum Gasteiger partial charge on any atom is 0.313 e. The lowest BCUT2D eigenvalue weighted by atomic mass is 10.3. The molecule has 0 saturated carbocycles. The Kier molecular flexibility index (Phi) is 5.26. The molecule has 0 aromatic carbocycles. The molecule has 1 saturated heterocycles. The van der Waals surface area contributed by atoms with Crippen LogP contribution in [-0.2, 0) is 20.7 Å². The van der Waals surface area contributed by atoms with Crippen molar-refractivity contribution in [3.8, 4) is 0 Å². The molecular formula is C13H18FN3O4. The number of esters is 1. The first kappa shape index (κ1) is 15.4. The molecule has 0 radical (unpaired) electrons. The fourth-order valence-electron chi connectivity index (χ4n) is 2.11. The summed E-state index contributed by atoms with van der Waals surface area (Å²) in [7, 11) is 0. The van der Waals surface area contributed by atoms with Crippen LogP contribution >= 0.6 is 0 Å². The molecule has 0 bridgehead atoms. The summed E-state index contributed by atoms with van der Waals surface area (Å²) in [4.78, 5) is 31.6. The third kappa shape index (κ3) is 4.25. The van der Waals surface area contributed by atoms with E-state index in [2.05, 4.69) is 9.97 Å². The van der Waals surface area contributed by atoms with Crippen molar-refractivity contribution in [1.29, 1.82) is 0 Å². The minimum Gasteiger partial charge on any atom is -0.466 e. The first-order valence-corrected chi connectivity index (χ1v) is 6.80. The maximum atomic E-state index is 12.7. The van der Waals surface area contributed by atoms with E-state index >= 15 is 0 Å². The van der Waals surface area contributed by atoms with E-state index in [1.807, 2.05) is 0 Å². The zero-order valence-corrected chi connectivity index (χ0v) is 11.8. The van der Waals surface area contributed by atoms with Gasteiger partial charge in [0.05, 0.1) is 13.2 Å². The summed E-state index contributed by atoms with van der Waals surface area (Å²) in [6.45, 7) is 2.60. The highest BCUT2D eigenvalue weighted by molar-refractivity contribution is 5.71. The van der Waals surface area contributed by atoms with Crippen LogP contribution in [0.3, 0.4) is 0 Å². The molecule has 0 amide bonds. The van der Waals surface area contributed by atoms with E-state index in [4.69, 9.17) is 9.47 Å². The van der Waals surface area contributed by atoms with Gasteiger partial charge in [0.2, 0.25) is 0 Å². The Morgan fingerprint density at radius 2 is 2.48 bits per heavy atom. The first-order valence-electron chi connectivity index (χ1n) is 6.80. The molecule has 1 fully saturated rings. The van der Waals surface area contributed by atoms with Gasteiger partial charge in [0.15, 0.2) is 0 Å². The number of hydrogen-bond acceptors (Lipinski definition) is 6. The second kappa shape index (κ2) is 7.16. The summed E-state index contributed by atoms with van der Waals surface area (Å²) < 4.78 is 22.7. The Bertz CT molecular complexity index is 548. The van der Waals surface area contributed by atoms with Crippen LogP contribution in [0.15, 0.2) is 10.9 Å². The van der Waals surface area contributed by atoms with Crippen molar-refractivity contribution < 1.29 is 18.7 Å². The minimum absolute atomic E-state index is 0.103. The highest BCUT2D eigenvalue weighted by Gasteiger charge is 2.22. The standard InChI is InChI=1S/C13H18FN3O4/c1-2-20-13(19)5-10-15-11(6-12(18)16-10)17-3-4-21-9(7-14)8-17/h6,9H,2-5,7-8H2,1H3,(H,15,16,18). The summed E-state index contributed by atoms with van der Waals surface area (Å²) in [5, 5.41) is 0. The SMILES string of the molecule is CCOC(=O)Cc1nc(N2CCOC(CF)C2)cc(=O)[nH]1. The molecule has 21 heavy (non-hydrogen) atoms. The van der Waals surface area contributed by atoms with Gasteiger partial charge in [-0.15, -0.1) is 0 Å². The molecule has 1 aromatic rings. The fourth-order valence-corrected chi connectivity index (χ4v) is 2.11. The minimum atomic E-state index is -0.588. The molecule has 2 heterocycles. The molecule has 2 rings (SSSR count). The average molecular weight is 299 g/mol. The molecule has 116 valence electrons. The van der Waals surface area contributed by atoms with Gasteiger partial charge < -0.3 is 19.4 Å². The van der Waals surface area contributed by atoms with Crippen molar-refractivity contribution in [2.75, 3.05) is 37.9 Å². The smallest absolute Gasteiger partial charge is 0.313 e. The average Bonchev–Trinajstić information content (AvgIpc) is 2.47. The fraction of sp³-hybridized carbons (Fsp3) is 0.615. The number of nitrogens with one attached hydrogen (secondary N) is 1. The molecule has 1 atom stereocenters. The highest BCUT2D eigenvalue weighted by atomic mass is 19.1. The molecule has 1 aliphatic heterocycles. The number of carbonyl (C=O) groups excluding carboxylic acids is 1. The van der Waals surface area contributed by atoms with E-state index in [1.54, 1.807) is 11.8 Å². The Hall–Kier alpha value is -1.96. The molecule has 8 heteroatoms. The Balaban J connectivity index is 2.14. The summed E-state index contributed by atoms with van der Waals surface area (Å²) in [6.07, 6.45) is -0.623. The van der Waals surface area contributed by atoms with E-state index in [0.717, 1.165) is 0 Å². The second-order valence-electron chi connectivity index (χ2n) is 4.63. The monoisotopic (exact) mass is 299 g/mol. The van der Waals surface area contributed by atoms with Crippen LogP contribution in [0, 0.1) is 0 Å². The first-order chi connectivity index (χ1) is 10.1. The van der Waals surface area contributed by atoms with E-state index in [-0.39, 0.29) is 24.4 Å². The molecule has 1 aliphatic rings. The van der Waals surface area contributed by atoms with Crippen LogP contribution in [0.5, 0.6) is 0 Å². The largest absolute Gasteiger partial charge is 0.466 e. The van der Waals surface area contributed by atoms with Crippen LogP contribution in [0.25, 0.3) is 0 Å². The van der Waals surface area contributed by atoms with Crippen LogP contribution in [0.4, 0.5) is 10.2 Å². The lowest BCUT2D eigenvalue weighted by Gasteiger charge is -2.32. The van der Waals surface area contributed by atoms with Gasteiger partial charge in [0.1, 0.15) is 30.8 Å². The van der Waals surface area contributed by atoms with Crippen molar-refractivity contribution in [3.05, 3.63) is 22.2 Å². The van der Waals surface area contributed by atoms with Gasteiger partial charge in [-0.2, -0.15) is 0 Å². The van der Waals surface area contributed by atoms with E-state index < -0.39 is 18.7 Å². The van der Waals surface area contributed by atoms with E-state index in [9.17, 15) is 14.0 Å². The number of rotatable bonds is 5. The lowest BCUT2D eigenvalue weighted by Crippen LogP contribution is -2.44. The molecule has 1 N–H and O–H groups in total. The predicted molar refractivity (Wildman–Crippen MR) is 73.1 cm³/mol. The summed E-state index contributed by atoms with van der Waals surface area (Å²) in [6, 6.07) is 1.33. The number of aromatic amines is 1. The number of halogens is 1. The third-order valence-corrected chi connectivity index (χ3v) is 3.03. The number of anilines is 1. The van der Waals surface area contributed by atoms with Crippen molar-refractivity contribution in [3.63, 3.8) is 0 Å². The Morgan fingerprint density at radius 1 is 1.67 bits per heavy atom. The van der Waals surface area contributed by atoms with Gasteiger partial charge in [-0.25, -0.2) is 9.37 Å². The van der Waals surface area contributed by atoms with Crippen molar-refractivity contribution >= 4 is 11.8 Å². The molecule has 1 aromatic heterocycles. The second-order valence-corrected chi connectivity index (χ2v) is 4.63. The van der Waals surface area contributed by atoms with Crippen molar-refractivity contribution in [2.24, 2.45) is 0 Å². The number of aromatic nitrogens is 2. The highest BCUT2D eigenvalue weighted by Crippen LogP contribution is 2.14. The van der Waals surface area contributed by atoms with Gasteiger partial charge in [0.25, 0.3) is 5.56 Å². The molecule has 1 unspecified atom stereocenters. The third-order valence-electron chi connectivity index (χ3n) is 3.03.